The Hall–Kier alpha value is -1.22. The minimum Gasteiger partial charge on any atom is -0.369 e. The van der Waals surface area contributed by atoms with Gasteiger partial charge in [-0.05, 0) is 18.6 Å². The summed E-state index contributed by atoms with van der Waals surface area (Å²) in [7, 11) is 0. The molecule has 0 aliphatic carbocycles. The topological polar surface area (TPSA) is 75.9 Å². The van der Waals surface area contributed by atoms with Crippen molar-refractivity contribution >= 4 is 23.5 Å². The molecule has 0 bridgehead atoms. The Labute approximate surface area is 112 Å². The third-order valence-electron chi connectivity index (χ3n) is 2.68. The van der Waals surface area contributed by atoms with Gasteiger partial charge in [-0.1, -0.05) is 0 Å². The Morgan fingerprint density at radius 1 is 1.42 bits per heavy atom. The van der Waals surface area contributed by atoms with Crippen molar-refractivity contribution in [2.24, 2.45) is 5.84 Å². The zero-order chi connectivity index (χ0) is 13.9. The zero-order valence-electron chi connectivity index (χ0n) is 10.00. The van der Waals surface area contributed by atoms with Crippen molar-refractivity contribution < 1.29 is 13.2 Å². The van der Waals surface area contributed by atoms with Crippen LogP contribution >= 0.6 is 11.8 Å². The first kappa shape index (κ1) is 14.2. The van der Waals surface area contributed by atoms with Crippen molar-refractivity contribution in [1.82, 2.24) is 9.97 Å². The maximum atomic E-state index is 12.6. The number of halogens is 3. The van der Waals surface area contributed by atoms with Crippen LogP contribution in [0.3, 0.4) is 0 Å². The summed E-state index contributed by atoms with van der Waals surface area (Å²) in [5, 5.41) is 3.32. The monoisotopic (exact) mass is 293 g/mol. The molecule has 1 fully saturated rings. The van der Waals surface area contributed by atoms with Crippen LogP contribution in [-0.2, 0) is 6.18 Å². The fourth-order valence-electron chi connectivity index (χ4n) is 1.77. The quantitative estimate of drug-likeness (QED) is 0.583. The number of nitrogens with one attached hydrogen (secondary N) is 2. The number of hydrogen-bond donors (Lipinski definition) is 3. The molecule has 1 aliphatic heterocycles. The summed E-state index contributed by atoms with van der Waals surface area (Å²) in [6.45, 7) is 0.586. The van der Waals surface area contributed by atoms with Gasteiger partial charge < -0.3 is 5.32 Å². The lowest BCUT2D eigenvalue weighted by atomic mass is 10.2. The number of aromatic nitrogens is 2. The van der Waals surface area contributed by atoms with E-state index in [2.05, 4.69) is 15.3 Å². The van der Waals surface area contributed by atoms with E-state index in [9.17, 15) is 13.2 Å². The molecular weight excluding hydrogens is 279 g/mol. The van der Waals surface area contributed by atoms with Gasteiger partial charge in [0.05, 0.1) is 0 Å². The number of alkyl halides is 3. The minimum atomic E-state index is -4.52. The largest absolute Gasteiger partial charge is 0.433 e. The average Bonchev–Trinajstić information content (AvgIpc) is 2.88. The smallest absolute Gasteiger partial charge is 0.369 e. The van der Waals surface area contributed by atoms with Crippen LogP contribution in [0.5, 0.6) is 0 Å². The number of hydrazine groups is 1. The van der Waals surface area contributed by atoms with E-state index in [0.717, 1.165) is 24.7 Å². The van der Waals surface area contributed by atoms with Gasteiger partial charge in [0.15, 0.2) is 5.69 Å². The van der Waals surface area contributed by atoms with Gasteiger partial charge in [0.1, 0.15) is 5.82 Å². The van der Waals surface area contributed by atoms with Crippen molar-refractivity contribution in [1.29, 1.82) is 0 Å². The summed E-state index contributed by atoms with van der Waals surface area (Å²) in [4.78, 5) is 7.14. The molecule has 1 aromatic rings. The summed E-state index contributed by atoms with van der Waals surface area (Å²) in [5.41, 5.74) is 1.02. The highest BCUT2D eigenvalue weighted by molar-refractivity contribution is 8.00. The van der Waals surface area contributed by atoms with E-state index in [0.29, 0.717) is 11.8 Å². The standard InChI is InChI=1S/C10H14F3N5S/c11-10(12,13)7-4-8(17-9(16-7)18-14)15-5-6-2-1-3-19-6/h4,6H,1-3,5,14H2,(H2,15,16,17,18). The molecule has 0 radical (unpaired) electrons. The zero-order valence-corrected chi connectivity index (χ0v) is 10.8. The van der Waals surface area contributed by atoms with Crippen LogP contribution in [0, 0.1) is 0 Å². The van der Waals surface area contributed by atoms with E-state index in [1.165, 1.54) is 0 Å². The first-order chi connectivity index (χ1) is 8.99. The normalized spacial score (nSPS) is 19.5. The molecule has 1 saturated heterocycles. The molecule has 9 heteroatoms. The van der Waals surface area contributed by atoms with Gasteiger partial charge in [0.2, 0.25) is 5.95 Å². The van der Waals surface area contributed by atoms with Crippen molar-refractivity contribution in [3.63, 3.8) is 0 Å². The van der Waals surface area contributed by atoms with Gasteiger partial charge in [0.25, 0.3) is 0 Å². The molecule has 1 unspecified atom stereocenters. The highest BCUT2D eigenvalue weighted by Gasteiger charge is 2.33. The lowest BCUT2D eigenvalue weighted by Crippen LogP contribution is -2.19. The van der Waals surface area contributed by atoms with E-state index in [1.54, 1.807) is 0 Å². The first-order valence-electron chi connectivity index (χ1n) is 5.77. The van der Waals surface area contributed by atoms with Crippen LogP contribution in [-0.4, -0.2) is 27.5 Å². The second-order valence-electron chi connectivity index (χ2n) is 4.12. The van der Waals surface area contributed by atoms with Crippen LogP contribution in [0.25, 0.3) is 0 Å². The number of hydrogen-bond acceptors (Lipinski definition) is 6. The lowest BCUT2D eigenvalue weighted by Gasteiger charge is -2.13. The first-order valence-corrected chi connectivity index (χ1v) is 6.82. The number of anilines is 2. The fraction of sp³-hybridized carbons (Fsp3) is 0.600. The number of nitrogens with zero attached hydrogens (tertiary/aromatic N) is 2. The number of rotatable bonds is 4. The van der Waals surface area contributed by atoms with E-state index in [1.807, 2.05) is 17.2 Å². The Balaban J connectivity index is 2.10. The molecule has 0 aromatic carbocycles. The van der Waals surface area contributed by atoms with Crippen molar-refractivity contribution in [2.75, 3.05) is 23.0 Å². The third kappa shape index (κ3) is 3.87. The second-order valence-corrected chi connectivity index (χ2v) is 5.53. The molecular formula is C10H14F3N5S. The molecule has 19 heavy (non-hydrogen) atoms. The van der Waals surface area contributed by atoms with Gasteiger partial charge in [-0.3, -0.25) is 5.43 Å². The van der Waals surface area contributed by atoms with Crippen LogP contribution in [0.1, 0.15) is 18.5 Å². The van der Waals surface area contributed by atoms with Crippen molar-refractivity contribution in [3.05, 3.63) is 11.8 Å². The summed E-state index contributed by atoms with van der Waals surface area (Å²) < 4.78 is 37.9. The number of nitrogen functional groups attached to an aromatic ring is 1. The third-order valence-corrected chi connectivity index (χ3v) is 4.08. The van der Waals surface area contributed by atoms with Crippen LogP contribution in [0.4, 0.5) is 24.9 Å². The van der Waals surface area contributed by atoms with Crippen molar-refractivity contribution in [2.45, 2.75) is 24.3 Å². The highest BCUT2D eigenvalue weighted by atomic mass is 32.2. The number of thioether (sulfide) groups is 1. The Kier molecular flexibility index (Phi) is 4.35. The molecule has 106 valence electrons. The van der Waals surface area contributed by atoms with Gasteiger partial charge in [-0.2, -0.15) is 29.9 Å². The molecule has 5 nitrogen and oxygen atoms in total. The molecule has 4 N–H and O–H groups in total. The predicted octanol–water partition coefficient (Wildman–Crippen LogP) is 2.09. The van der Waals surface area contributed by atoms with E-state index in [4.69, 9.17) is 5.84 Å². The Bertz CT molecular complexity index is 434. The van der Waals surface area contributed by atoms with Gasteiger partial charge in [-0.25, -0.2) is 10.8 Å². The van der Waals surface area contributed by atoms with E-state index >= 15 is 0 Å². The van der Waals surface area contributed by atoms with Gasteiger partial charge in [0, 0.05) is 17.9 Å². The van der Waals surface area contributed by atoms with Crippen LogP contribution in [0.2, 0.25) is 0 Å². The van der Waals surface area contributed by atoms with Gasteiger partial charge >= 0.3 is 6.18 Å². The molecule has 0 spiro atoms. The summed E-state index contributed by atoms with van der Waals surface area (Å²) >= 11 is 1.81. The SMILES string of the molecule is NNc1nc(NCC2CCCS2)cc(C(F)(F)F)n1. The minimum absolute atomic E-state index is 0.128. The van der Waals surface area contributed by atoms with E-state index < -0.39 is 11.9 Å². The molecule has 0 saturated carbocycles. The van der Waals surface area contributed by atoms with Crippen molar-refractivity contribution in [3.8, 4) is 0 Å². The molecule has 1 aromatic heterocycles. The summed E-state index contributed by atoms with van der Waals surface area (Å²) in [6, 6.07) is 0.889. The Morgan fingerprint density at radius 3 is 2.79 bits per heavy atom. The van der Waals surface area contributed by atoms with Crippen LogP contribution in [0.15, 0.2) is 6.07 Å². The predicted molar refractivity (Wildman–Crippen MR) is 68.8 cm³/mol. The number of nitrogens with two attached hydrogens (primary N) is 1. The molecule has 0 amide bonds. The molecule has 2 rings (SSSR count). The average molecular weight is 293 g/mol. The lowest BCUT2D eigenvalue weighted by molar-refractivity contribution is -0.141. The molecule has 2 heterocycles. The Morgan fingerprint density at radius 2 is 2.21 bits per heavy atom. The summed E-state index contributed by atoms with van der Waals surface area (Å²) in [5.74, 6) is 6.05. The fourth-order valence-corrected chi connectivity index (χ4v) is 2.97. The highest BCUT2D eigenvalue weighted by Crippen LogP contribution is 2.30. The van der Waals surface area contributed by atoms with Crippen LogP contribution < -0.4 is 16.6 Å². The molecule has 1 atom stereocenters. The molecule has 1 aliphatic rings. The second kappa shape index (κ2) is 5.83. The maximum Gasteiger partial charge on any atom is 0.433 e. The maximum absolute atomic E-state index is 12.6. The van der Waals surface area contributed by atoms with E-state index in [-0.39, 0.29) is 11.8 Å². The van der Waals surface area contributed by atoms with Gasteiger partial charge in [-0.15, -0.1) is 0 Å². The summed E-state index contributed by atoms with van der Waals surface area (Å²) in [6.07, 6.45) is -2.31.